The van der Waals surface area contributed by atoms with E-state index in [9.17, 15) is 0 Å². The third-order valence-corrected chi connectivity index (χ3v) is 3.27. The van der Waals surface area contributed by atoms with Crippen LogP contribution in [0.15, 0.2) is 24.3 Å². The minimum absolute atomic E-state index is 0.429. The molecule has 0 bridgehead atoms. The van der Waals surface area contributed by atoms with E-state index >= 15 is 0 Å². The summed E-state index contributed by atoms with van der Waals surface area (Å²) in [6, 6.07) is 9.58. The highest BCUT2D eigenvalue weighted by molar-refractivity contribution is 5.31. The molecular weight excluding hydrogens is 280 g/mol. The SMILES string of the molecule is CCCc1c(C#N)nnn1CCCOc1ccc(OC)cc1. The highest BCUT2D eigenvalue weighted by atomic mass is 16.5. The second kappa shape index (κ2) is 8.03. The highest BCUT2D eigenvalue weighted by Crippen LogP contribution is 2.17. The van der Waals surface area contributed by atoms with E-state index in [1.807, 2.05) is 24.3 Å². The lowest BCUT2D eigenvalue weighted by Gasteiger charge is -2.08. The van der Waals surface area contributed by atoms with Gasteiger partial charge < -0.3 is 9.47 Å². The fraction of sp³-hybridized carbons (Fsp3) is 0.438. The molecule has 2 rings (SSSR count). The first-order valence-corrected chi connectivity index (χ1v) is 7.37. The maximum Gasteiger partial charge on any atom is 0.185 e. The molecule has 0 aliphatic heterocycles. The Hall–Kier alpha value is -2.55. The topological polar surface area (TPSA) is 73.0 Å². The van der Waals surface area contributed by atoms with Crippen LogP contribution in [0.1, 0.15) is 31.2 Å². The van der Waals surface area contributed by atoms with Crippen molar-refractivity contribution in [2.24, 2.45) is 0 Å². The van der Waals surface area contributed by atoms with Gasteiger partial charge in [-0.05, 0) is 30.7 Å². The maximum atomic E-state index is 9.02. The lowest BCUT2D eigenvalue weighted by atomic mass is 10.2. The average molecular weight is 300 g/mol. The molecule has 0 atom stereocenters. The van der Waals surface area contributed by atoms with Crippen LogP contribution in [0.25, 0.3) is 0 Å². The Morgan fingerprint density at radius 3 is 2.59 bits per heavy atom. The zero-order valence-corrected chi connectivity index (χ0v) is 13.0. The molecule has 0 saturated heterocycles. The smallest absolute Gasteiger partial charge is 0.185 e. The minimum Gasteiger partial charge on any atom is -0.497 e. The highest BCUT2D eigenvalue weighted by Gasteiger charge is 2.11. The van der Waals surface area contributed by atoms with E-state index in [0.29, 0.717) is 18.8 Å². The van der Waals surface area contributed by atoms with E-state index in [-0.39, 0.29) is 0 Å². The van der Waals surface area contributed by atoms with Gasteiger partial charge in [0.25, 0.3) is 0 Å². The summed E-state index contributed by atoms with van der Waals surface area (Å²) in [6.45, 7) is 3.35. The van der Waals surface area contributed by atoms with Gasteiger partial charge in [0.05, 0.1) is 19.4 Å². The van der Waals surface area contributed by atoms with Crippen LogP contribution >= 0.6 is 0 Å². The van der Waals surface area contributed by atoms with Crippen molar-refractivity contribution in [1.82, 2.24) is 15.0 Å². The van der Waals surface area contributed by atoms with Crippen molar-refractivity contribution in [3.05, 3.63) is 35.7 Å². The number of nitrogens with zero attached hydrogens (tertiary/aromatic N) is 4. The van der Waals surface area contributed by atoms with Crippen molar-refractivity contribution >= 4 is 0 Å². The third kappa shape index (κ3) is 3.98. The summed E-state index contributed by atoms with van der Waals surface area (Å²) in [4.78, 5) is 0. The van der Waals surface area contributed by atoms with Crippen LogP contribution < -0.4 is 9.47 Å². The van der Waals surface area contributed by atoms with E-state index in [0.717, 1.165) is 36.5 Å². The van der Waals surface area contributed by atoms with Gasteiger partial charge in [-0.15, -0.1) is 5.10 Å². The number of rotatable bonds is 8. The van der Waals surface area contributed by atoms with E-state index in [4.69, 9.17) is 14.7 Å². The van der Waals surface area contributed by atoms with E-state index < -0.39 is 0 Å². The van der Waals surface area contributed by atoms with Crippen LogP contribution in [0, 0.1) is 11.3 Å². The summed E-state index contributed by atoms with van der Waals surface area (Å²) in [5, 5.41) is 17.0. The molecule has 0 spiro atoms. The molecular formula is C16H20N4O2. The Morgan fingerprint density at radius 2 is 1.95 bits per heavy atom. The molecule has 0 N–H and O–H groups in total. The summed E-state index contributed by atoms with van der Waals surface area (Å²) in [6.07, 6.45) is 2.58. The van der Waals surface area contributed by atoms with Gasteiger partial charge in [0.15, 0.2) is 5.69 Å². The average Bonchev–Trinajstić information content (AvgIpc) is 2.94. The first-order valence-electron chi connectivity index (χ1n) is 7.37. The second-order valence-electron chi connectivity index (χ2n) is 4.85. The number of ether oxygens (including phenoxy) is 2. The Bertz CT molecular complexity index is 629. The first kappa shape index (κ1) is 15.8. The number of benzene rings is 1. The van der Waals surface area contributed by atoms with E-state index in [1.54, 1.807) is 11.8 Å². The molecule has 0 fully saturated rings. The second-order valence-corrected chi connectivity index (χ2v) is 4.85. The predicted octanol–water partition coefficient (Wildman–Crippen LogP) is 2.58. The lowest BCUT2D eigenvalue weighted by molar-refractivity contribution is 0.296. The van der Waals surface area contributed by atoms with Crippen molar-refractivity contribution in [2.45, 2.75) is 32.7 Å². The number of methoxy groups -OCH3 is 1. The maximum absolute atomic E-state index is 9.02. The molecule has 6 nitrogen and oxygen atoms in total. The summed E-state index contributed by atoms with van der Waals surface area (Å²) in [5.41, 5.74) is 1.34. The third-order valence-electron chi connectivity index (χ3n) is 3.27. The normalized spacial score (nSPS) is 10.2. The van der Waals surface area contributed by atoms with Gasteiger partial charge in [0.1, 0.15) is 17.6 Å². The van der Waals surface area contributed by atoms with Crippen molar-refractivity contribution < 1.29 is 9.47 Å². The molecule has 116 valence electrons. The fourth-order valence-electron chi connectivity index (χ4n) is 2.16. The standard InChI is InChI=1S/C16H20N4O2/c1-3-5-16-15(12-17)18-19-20(16)10-4-11-22-14-8-6-13(21-2)7-9-14/h6-9H,3-5,10-11H2,1-2H3. The van der Waals surface area contributed by atoms with Gasteiger partial charge >= 0.3 is 0 Å². The molecule has 1 heterocycles. The Morgan fingerprint density at radius 1 is 1.23 bits per heavy atom. The van der Waals surface area contributed by atoms with Crippen LogP contribution in [0.3, 0.4) is 0 Å². The van der Waals surface area contributed by atoms with Crippen LogP contribution in [0.2, 0.25) is 0 Å². The zero-order valence-electron chi connectivity index (χ0n) is 13.0. The molecule has 0 saturated carbocycles. The molecule has 2 aromatic rings. The number of aromatic nitrogens is 3. The Balaban J connectivity index is 1.83. The predicted molar refractivity (Wildman–Crippen MR) is 81.8 cm³/mol. The molecule has 1 aromatic heterocycles. The Kier molecular flexibility index (Phi) is 5.78. The van der Waals surface area contributed by atoms with Crippen molar-refractivity contribution in [3.8, 4) is 17.6 Å². The Labute approximate surface area is 130 Å². The van der Waals surface area contributed by atoms with Crippen LogP contribution in [-0.4, -0.2) is 28.7 Å². The van der Waals surface area contributed by atoms with Gasteiger partial charge in [-0.25, -0.2) is 4.68 Å². The number of hydrogen-bond donors (Lipinski definition) is 0. The number of aryl methyl sites for hydroxylation is 1. The quantitative estimate of drug-likeness (QED) is 0.701. The van der Waals surface area contributed by atoms with Crippen LogP contribution in [0.5, 0.6) is 11.5 Å². The first-order chi connectivity index (χ1) is 10.8. The lowest BCUT2D eigenvalue weighted by Crippen LogP contribution is -2.09. The van der Waals surface area contributed by atoms with Crippen LogP contribution in [-0.2, 0) is 13.0 Å². The van der Waals surface area contributed by atoms with Gasteiger partial charge in [-0.1, -0.05) is 18.6 Å². The number of hydrogen-bond acceptors (Lipinski definition) is 5. The largest absolute Gasteiger partial charge is 0.497 e. The van der Waals surface area contributed by atoms with Crippen molar-refractivity contribution in [3.63, 3.8) is 0 Å². The van der Waals surface area contributed by atoms with Crippen molar-refractivity contribution in [2.75, 3.05) is 13.7 Å². The molecule has 6 heteroatoms. The monoisotopic (exact) mass is 300 g/mol. The fourth-order valence-corrected chi connectivity index (χ4v) is 2.16. The van der Waals surface area contributed by atoms with Gasteiger partial charge in [0.2, 0.25) is 0 Å². The number of nitriles is 1. The van der Waals surface area contributed by atoms with Gasteiger partial charge in [-0.3, -0.25) is 0 Å². The van der Waals surface area contributed by atoms with Crippen LogP contribution in [0.4, 0.5) is 0 Å². The summed E-state index contributed by atoms with van der Waals surface area (Å²) >= 11 is 0. The van der Waals surface area contributed by atoms with E-state index in [2.05, 4.69) is 23.3 Å². The molecule has 0 unspecified atom stereocenters. The molecule has 0 aliphatic carbocycles. The molecule has 0 radical (unpaired) electrons. The minimum atomic E-state index is 0.429. The molecule has 0 aliphatic rings. The van der Waals surface area contributed by atoms with Gasteiger partial charge in [-0.2, -0.15) is 5.26 Å². The van der Waals surface area contributed by atoms with E-state index in [1.165, 1.54) is 0 Å². The summed E-state index contributed by atoms with van der Waals surface area (Å²) in [5.74, 6) is 1.62. The van der Waals surface area contributed by atoms with Gasteiger partial charge in [0, 0.05) is 13.0 Å². The molecule has 0 amide bonds. The molecule has 1 aromatic carbocycles. The van der Waals surface area contributed by atoms with Crippen molar-refractivity contribution in [1.29, 1.82) is 5.26 Å². The molecule has 22 heavy (non-hydrogen) atoms. The zero-order chi connectivity index (χ0) is 15.8. The summed E-state index contributed by atoms with van der Waals surface area (Å²) in [7, 11) is 1.64. The summed E-state index contributed by atoms with van der Waals surface area (Å²) < 4.78 is 12.6.